The predicted octanol–water partition coefficient (Wildman–Crippen LogP) is 0.738. The Morgan fingerprint density at radius 1 is 1.14 bits per heavy atom. The van der Waals surface area contributed by atoms with Gasteiger partial charge in [-0.25, -0.2) is 9.59 Å². The number of benzene rings is 1. The van der Waals surface area contributed by atoms with Gasteiger partial charge in [-0.2, -0.15) is 0 Å². The number of carbonyl (C=O) groups excluding carboxylic acids is 3. The largest absolute Gasteiger partial charge is 0.465 e. The average Bonchev–Trinajstić information content (AvgIpc) is 2.91. The molecule has 3 rings (SSSR count). The number of esters is 2. The Balaban J connectivity index is 2.32. The van der Waals surface area contributed by atoms with E-state index in [0.29, 0.717) is 11.3 Å². The van der Waals surface area contributed by atoms with Crippen molar-refractivity contribution in [2.75, 3.05) is 39.4 Å². The van der Waals surface area contributed by atoms with E-state index in [0.717, 1.165) is 7.11 Å². The van der Waals surface area contributed by atoms with Gasteiger partial charge in [-0.1, -0.05) is 18.2 Å². The van der Waals surface area contributed by atoms with Crippen LogP contribution in [0.2, 0.25) is 0 Å². The number of nitrogens with zero attached hydrogens (tertiary/aromatic N) is 1. The van der Waals surface area contributed by atoms with Crippen molar-refractivity contribution in [1.29, 1.82) is 0 Å². The van der Waals surface area contributed by atoms with Gasteiger partial charge in [0.15, 0.2) is 0 Å². The summed E-state index contributed by atoms with van der Waals surface area (Å²) in [4.78, 5) is 40.8. The molecule has 1 aromatic carbocycles. The van der Waals surface area contributed by atoms with E-state index in [2.05, 4.69) is 0 Å². The molecule has 0 saturated carbocycles. The minimum atomic E-state index is -1.84. The van der Waals surface area contributed by atoms with E-state index < -0.39 is 23.3 Å². The third-order valence-corrected chi connectivity index (χ3v) is 5.02. The van der Waals surface area contributed by atoms with E-state index in [4.69, 9.17) is 24.7 Å². The van der Waals surface area contributed by atoms with Crippen LogP contribution >= 0.6 is 0 Å². The molecule has 0 unspecified atom stereocenters. The topological polar surface area (TPSA) is 117 Å². The normalized spacial score (nSPS) is 20.7. The van der Waals surface area contributed by atoms with Crippen molar-refractivity contribution in [1.82, 2.24) is 0 Å². The van der Waals surface area contributed by atoms with E-state index >= 15 is 0 Å². The second-order valence-electron chi connectivity index (χ2n) is 6.52. The van der Waals surface area contributed by atoms with Crippen molar-refractivity contribution < 1.29 is 33.3 Å². The highest BCUT2D eigenvalue weighted by Gasteiger charge is 2.63. The van der Waals surface area contributed by atoms with E-state index in [1.807, 2.05) is 0 Å². The van der Waals surface area contributed by atoms with Crippen LogP contribution in [0.15, 0.2) is 47.1 Å². The van der Waals surface area contributed by atoms with Gasteiger partial charge >= 0.3 is 11.9 Å². The summed E-state index contributed by atoms with van der Waals surface area (Å²) in [6.07, 6.45) is 0. The van der Waals surface area contributed by atoms with Crippen LogP contribution in [0.25, 0.3) is 0 Å². The van der Waals surface area contributed by atoms with Gasteiger partial charge in [0.05, 0.1) is 13.7 Å². The summed E-state index contributed by atoms with van der Waals surface area (Å²) in [7, 11) is 4.18. The lowest BCUT2D eigenvalue weighted by Crippen LogP contribution is -2.50. The molecule has 0 bridgehead atoms. The van der Waals surface area contributed by atoms with Crippen molar-refractivity contribution in [3.05, 3.63) is 52.6 Å². The molecule has 1 amide bonds. The number of fused-ring (bicyclic) bond motifs is 2. The molecule has 9 nitrogen and oxygen atoms in total. The van der Waals surface area contributed by atoms with Gasteiger partial charge in [-0.05, 0) is 13.0 Å². The molecule has 9 heteroatoms. The Morgan fingerprint density at radius 3 is 2.48 bits per heavy atom. The first-order valence-corrected chi connectivity index (χ1v) is 8.83. The van der Waals surface area contributed by atoms with Crippen LogP contribution in [0.5, 0.6) is 0 Å². The number of likely N-dealkylation sites (N-methyl/N-ethyl adjacent to an activating group) is 1. The molecule has 2 aliphatic heterocycles. The minimum Gasteiger partial charge on any atom is -0.465 e. The molecule has 1 atom stereocenters. The smallest absolute Gasteiger partial charge is 0.340 e. The van der Waals surface area contributed by atoms with Crippen molar-refractivity contribution in [3.8, 4) is 0 Å². The third-order valence-electron chi connectivity index (χ3n) is 5.02. The quantitative estimate of drug-likeness (QED) is 0.566. The molecule has 1 spiro atoms. The molecule has 2 aliphatic rings. The molecule has 0 aliphatic carbocycles. The van der Waals surface area contributed by atoms with Crippen molar-refractivity contribution in [3.63, 3.8) is 0 Å². The second kappa shape index (κ2) is 7.59. The van der Waals surface area contributed by atoms with Crippen LogP contribution in [0.3, 0.4) is 0 Å². The third kappa shape index (κ3) is 2.85. The number of amides is 1. The highest BCUT2D eigenvalue weighted by atomic mass is 16.6. The number of rotatable bonds is 5. The van der Waals surface area contributed by atoms with E-state index in [-0.39, 0.29) is 36.0 Å². The first-order chi connectivity index (χ1) is 13.8. The van der Waals surface area contributed by atoms with Crippen LogP contribution in [0.4, 0.5) is 5.69 Å². The number of para-hydroxylation sites is 1. The fourth-order valence-corrected chi connectivity index (χ4v) is 3.83. The second-order valence-corrected chi connectivity index (χ2v) is 6.52. The fourth-order valence-electron chi connectivity index (χ4n) is 3.83. The summed E-state index contributed by atoms with van der Waals surface area (Å²) >= 11 is 0. The van der Waals surface area contributed by atoms with Crippen LogP contribution in [0, 0.1) is 0 Å². The zero-order chi connectivity index (χ0) is 21.3. The SMILES string of the molecule is COCCOC(=O)C1=C(C)OC(N)=C(C(=O)OC)[C@@]12C(=O)N(C)c1ccccc12. The first-order valence-electron chi connectivity index (χ1n) is 8.83. The summed E-state index contributed by atoms with van der Waals surface area (Å²) in [5.74, 6) is -2.47. The molecular weight excluding hydrogens is 380 g/mol. The Morgan fingerprint density at radius 2 is 1.83 bits per heavy atom. The highest BCUT2D eigenvalue weighted by Crippen LogP contribution is 2.54. The maximum Gasteiger partial charge on any atom is 0.340 e. The summed E-state index contributed by atoms with van der Waals surface area (Å²) in [5.41, 5.74) is 4.76. The van der Waals surface area contributed by atoms with Crippen LogP contribution in [0.1, 0.15) is 12.5 Å². The summed E-state index contributed by atoms with van der Waals surface area (Å²) in [6, 6.07) is 6.83. The maximum atomic E-state index is 13.6. The number of methoxy groups -OCH3 is 2. The number of allylic oxidation sites excluding steroid dienone is 1. The number of carbonyl (C=O) groups is 3. The number of hydrogen-bond donors (Lipinski definition) is 1. The molecule has 1 aromatic rings. The maximum absolute atomic E-state index is 13.6. The molecule has 0 fully saturated rings. The summed E-state index contributed by atoms with van der Waals surface area (Å²) < 4.78 is 20.6. The Hall–Kier alpha value is -3.33. The van der Waals surface area contributed by atoms with Gasteiger partial charge in [-0.3, -0.25) is 4.79 Å². The molecule has 2 N–H and O–H groups in total. The van der Waals surface area contributed by atoms with Gasteiger partial charge < -0.3 is 29.6 Å². The lowest BCUT2D eigenvalue weighted by molar-refractivity contribution is -0.143. The van der Waals surface area contributed by atoms with Gasteiger partial charge in [0.25, 0.3) is 0 Å². The standard InChI is InChI=1S/C20H22N2O7/c1-11-14(18(24)28-10-9-26-3)20(15(16(21)29-11)17(23)27-4)12-7-5-6-8-13(12)22(2)19(20)25/h5-8H,9-10,21H2,1-4H3/t20-/m0/s1. The number of anilines is 1. The zero-order valence-electron chi connectivity index (χ0n) is 16.6. The molecule has 0 radical (unpaired) electrons. The number of ether oxygens (including phenoxy) is 4. The van der Waals surface area contributed by atoms with E-state index in [1.54, 1.807) is 31.3 Å². The average molecular weight is 402 g/mol. The highest BCUT2D eigenvalue weighted by molar-refractivity contribution is 6.22. The predicted molar refractivity (Wildman–Crippen MR) is 101 cm³/mol. The molecule has 154 valence electrons. The van der Waals surface area contributed by atoms with E-state index in [9.17, 15) is 14.4 Å². The molecule has 0 aromatic heterocycles. The Labute approximate surface area is 167 Å². The van der Waals surface area contributed by atoms with Crippen molar-refractivity contribution in [2.24, 2.45) is 5.73 Å². The van der Waals surface area contributed by atoms with Gasteiger partial charge in [0.2, 0.25) is 11.8 Å². The van der Waals surface area contributed by atoms with Crippen LogP contribution in [-0.4, -0.2) is 52.3 Å². The lowest BCUT2D eigenvalue weighted by atomic mass is 9.67. The van der Waals surface area contributed by atoms with Crippen LogP contribution in [-0.2, 0) is 38.7 Å². The Kier molecular flexibility index (Phi) is 5.34. The first kappa shape index (κ1) is 20.4. The minimum absolute atomic E-state index is 0.0410. The number of nitrogens with two attached hydrogens (primary N) is 1. The van der Waals surface area contributed by atoms with Gasteiger partial charge in [0.1, 0.15) is 28.9 Å². The molecule has 0 saturated heterocycles. The fraction of sp³-hybridized carbons (Fsp3) is 0.350. The monoisotopic (exact) mass is 402 g/mol. The lowest BCUT2D eigenvalue weighted by Gasteiger charge is -2.35. The Bertz CT molecular complexity index is 950. The summed E-state index contributed by atoms with van der Waals surface area (Å²) in [5, 5.41) is 0. The van der Waals surface area contributed by atoms with Crippen molar-refractivity contribution in [2.45, 2.75) is 12.3 Å². The number of hydrogen-bond acceptors (Lipinski definition) is 8. The molecule has 29 heavy (non-hydrogen) atoms. The summed E-state index contributed by atoms with van der Waals surface area (Å²) in [6.45, 7) is 1.61. The zero-order valence-corrected chi connectivity index (χ0v) is 16.6. The molecular formula is C20H22N2O7. The van der Waals surface area contributed by atoms with Crippen LogP contribution < -0.4 is 10.6 Å². The van der Waals surface area contributed by atoms with Crippen molar-refractivity contribution >= 4 is 23.5 Å². The van der Waals surface area contributed by atoms with E-state index in [1.165, 1.54) is 18.9 Å². The van der Waals surface area contributed by atoms with Gasteiger partial charge in [-0.15, -0.1) is 0 Å². The van der Waals surface area contributed by atoms with Gasteiger partial charge in [0, 0.05) is 25.4 Å². The molecule has 2 heterocycles.